The number of fused-ring (bicyclic) bond motifs is 3. The van der Waals surface area contributed by atoms with Crippen LogP contribution in [0.4, 0.5) is 5.82 Å². The van der Waals surface area contributed by atoms with Gasteiger partial charge < -0.3 is 14.6 Å². The molecular weight excluding hydrogens is 352 g/mol. The fourth-order valence-corrected chi connectivity index (χ4v) is 5.88. The van der Waals surface area contributed by atoms with Crippen LogP contribution in [0.1, 0.15) is 24.3 Å². The van der Waals surface area contributed by atoms with Crippen LogP contribution in [0.5, 0.6) is 5.75 Å². The number of rotatable bonds is 3. The lowest BCUT2D eigenvalue weighted by molar-refractivity contribution is 0.0352. The van der Waals surface area contributed by atoms with E-state index in [2.05, 4.69) is 49.0 Å². The third kappa shape index (κ3) is 2.22. The van der Waals surface area contributed by atoms with Gasteiger partial charge in [0, 0.05) is 30.1 Å². The van der Waals surface area contributed by atoms with Crippen molar-refractivity contribution in [2.24, 2.45) is 5.92 Å². The lowest BCUT2D eigenvalue weighted by atomic mass is 9.75. The van der Waals surface area contributed by atoms with Gasteiger partial charge in [0.15, 0.2) is 11.5 Å². The summed E-state index contributed by atoms with van der Waals surface area (Å²) >= 11 is 0. The van der Waals surface area contributed by atoms with E-state index in [0.29, 0.717) is 23.9 Å². The largest absolute Gasteiger partial charge is 0.496 e. The van der Waals surface area contributed by atoms with Crippen LogP contribution in [0.25, 0.3) is 11.2 Å². The molecule has 0 amide bonds. The van der Waals surface area contributed by atoms with Crippen molar-refractivity contribution in [3.05, 3.63) is 42.5 Å². The zero-order chi connectivity index (χ0) is 18.7. The van der Waals surface area contributed by atoms with Crippen molar-refractivity contribution in [1.29, 1.82) is 0 Å². The fraction of sp³-hybridized carbons (Fsp3) is 0.476. The van der Waals surface area contributed by atoms with Gasteiger partial charge in [-0.15, -0.1) is 0 Å². The molecule has 4 saturated heterocycles. The number of hydrogen-bond acceptors (Lipinski definition) is 6. The number of H-pyrrole nitrogens is 1. The number of aromatic amines is 1. The van der Waals surface area contributed by atoms with E-state index in [1.165, 1.54) is 31.5 Å². The van der Waals surface area contributed by atoms with Gasteiger partial charge in [0.1, 0.15) is 17.6 Å². The molecule has 4 aliphatic heterocycles. The van der Waals surface area contributed by atoms with Crippen molar-refractivity contribution >= 4 is 17.0 Å². The first kappa shape index (κ1) is 16.3. The number of ether oxygens (including phenoxy) is 1. The number of nitrogens with one attached hydrogen (secondary N) is 1. The third-order valence-corrected chi connectivity index (χ3v) is 7.01. The van der Waals surface area contributed by atoms with E-state index in [0.717, 1.165) is 29.3 Å². The molecule has 0 spiro atoms. The maximum atomic E-state index is 5.74. The van der Waals surface area contributed by atoms with Crippen LogP contribution < -0.4 is 9.64 Å². The maximum absolute atomic E-state index is 5.74. The van der Waals surface area contributed by atoms with Gasteiger partial charge in [-0.1, -0.05) is 18.2 Å². The van der Waals surface area contributed by atoms with Gasteiger partial charge in [0.25, 0.3) is 0 Å². The summed E-state index contributed by atoms with van der Waals surface area (Å²) in [6.45, 7) is 3.34. The molecule has 1 N–H and O–H groups in total. The van der Waals surface area contributed by atoms with Crippen molar-refractivity contribution < 1.29 is 4.74 Å². The number of imidazole rings is 1. The molecule has 1 aromatic carbocycles. The molecule has 144 valence electrons. The average Bonchev–Trinajstić information content (AvgIpc) is 3.40. The van der Waals surface area contributed by atoms with Gasteiger partial charge >= 0.3 is 0 Å². The summed E-state index contributed by atoms with van der Waals surface area (Å²) in [6.07, 6.45) is 5.90. The Morgan fingerprint density at radius 3 is 2.79 bits per heavy atom. The molecule has 0 aliphatic carbocycles. The number of nitrogens with zero attached hydrogens (tertiary/aromatic N) is 5. The van der Waals surface area contributed by atoms with E-state index < -0.39 is 0 Å². The molecule has 6 heterocycles. The maximum Gasteiger partial charge on any atom is 0.182 e. The summed E-state index contributed by atoms with van der Waals surface area (Å²) in [6, 6.07) is 9.47. The monoisotopic (exact) mass is 376 g/mol. The van der Waals surface area contributed by atoms with Crippen LogP contribution in [-0.4, -0.2) is 63.7 Å². The molecule has 7 rings (SSSR count). The van der Waals surface area contributed by atoms with Crippen LogP contribution in [0.15, 0.2) is 36.9 Å². The quantitative estimate of drug-likeness (QED) is 0.757. The van der Waals surface area contributed by atoms with Crippen molar-refractivity contribution in [2.45, 2.75) is 30.8 Å². The van der Waals surface area contributed by atoms with Crippen LogP contribution in [0, 0.1) is 5.92 Å². The van der Waals surface area contributed by atoms with Crippen LogP contribution in [0.2, 0.25) is 0 Å². The Balaban J connectivity index is 1.49. The highest BCUT2D eigenvalue weighted by Gasteiger charge is 2.54. The minimum absolute atomic E-state index is 0.400. The minimum Gasteiger partial charge on any atom is -0.496 e. The lowest BCUT2D eigenvalue weighted by Crippen LogP contribution is -2.60. The number of hydrogen-bond donors (Lipinski definition) is 1. The van der Waals surface area contributed by atoms with Crippen LogP contribution >= 0.6 is 0 Å². The summed E-state index contributed by atoms with van der Waals surface area (Å²) in [5.74, 6) is 3.09. The van der Waals surface area contributed by atoms with Crippen molar-refractivity contribution in [1.82, 2.24) is 24.8 Å². The highest BCUT2D eigenvalue weighted by atomic mass is 16.5. The minimum atomic E-state index is 0.400. The molecule has 4 aliphatic rings. The van der Waals surface area contributed by atoms with E-state index in [1.54, 1.807) is 19.8 Å². The average molecular weight is 376 g/mol. The second-order valence-electron chi connectivity index (χ2n) is 8.15. The van der Waals surface area contributed by atoms with E-state index in [-0.39, 0.29) is 0 Å². The number of para-hydroxylation sites is 1. The summed E-state index contributed by atoms with van der Waals surface area (Å²) in [7, 11) is 1.77. The molecule has 2 aromatic heterocycles. The molecule has 0 radical (unpaired) electrons. The van der Waals surface area contributed by atoms with E-state index in [1.807, 2.05) is 0 Å². The predicted octanol–water partition coefficient (Wildman–Crippen LogP) is 2.43. The summed E-state index contributed by atoms with van der Waals surface area (Å²) in [4.78, 5) is 21.9. The first-order chi connectivity index (χ1) is 13.8. The molecule has 7 nitrogen and oxygen atoms in total. The Morgan fingerprint density at radius 1 is 1.07 bits per heavy atom. The smallest absolute Gasteiger partial charge is 0.182 e. The predicted molar refractivity (Wildman–Crippen MR) is 107 cm³/mol. The Hall–Kier alpha value is -2.67. The number of methoxy groups -OCH3 is 1. The zero-order valence-electron chi connectivity index (χ0n) is 16.0. The highest BCUT2D eigenvalue weighted by Crippen LogP contribution is 2.49. The van der Waals surface area contributed by atoms with Crippen LogP contribution in [-0.2, 0) is 0 Å². The first-order valence-corrected chi connectivity index (χ1v) is 10.1. The van der Waals surface area contributed by atoms with E-state index in [4.69, 9.17) is 9.72 Å². The zero-order valence-corrected chi connectivity index (χ0v) is 16.0. The Kier molecular flexibility index (Phi) is 3.59. The number of piperidine rings is 3. The Bertz CT molecular complexity index is 1010. The van der Waals surface area contributed by atoms with Crippen LogP contribution in [0.3, 0.4) is 0 Å². The van der Waals surface area contributed by atoms with Gasteiger partial charge in [-0.3, -0.25) is 4.90 Å². The van der Waals surface area contributed by atoms with Gasteiger partial charge in [-0.05, 0) is 37.9 Å². The lowest BCUT2D eigenvalue weighted by Gasteiger charge is -2.51. The molecule has 3 aromatic rings. The summed E-state index contributed by atoms with van der Waals surface area (Å²) in [5.41, 5.74) is 2.99. The molecule has 28 heavy (non-hydrogen) atoms. The molecule has 0 unspecified atom stereocenters. The van der Waals surface area contributed by atoms with Gasteiger partial charge in [0.2, 0.25) is 0 Å². The van der Waals surface area contributed by atoms with Crippen molar-refractivity contribution in [2.75, 3.05) is 31.6 Å². The van der Waals surface area contributed by atoms with E-state index >= 15 is 0 Å². The topological polar surface area (TPSA) is 70.2 Å². The number of anilines is 1. The highest BCUT2D eigenvalue weighted by molar-refractivity contribution is 5.83. The Morgan fingerprint density at radius 2 is 1.93 bits per heavy atom. The van der Waals surface area contributed by atoms with E-state index in [9.17, 15) is 0 Å². The molecular formula is C21H24N6O. The van der Waals surface area contributed by atoms with Crippen molar-refractivity contribution in [3.63, 3.8) is 0 Å². The van der Waals surface area contributed by atoms with Gasteiger partial charge in [0.05, 0.1) is 13.4 Å². The van der Waals surface area contributed by atoms with Crippen molar-refractivity contribution in [3.8, 4) is 5.75 Å². The summed E-state index contributed by atoms with van der Waals surface area (Å²) < 4.78 is 5.74. The second-order valence-corrected chi connectivity index (χ2v) is 8.15. The number of benzene rings is 1. The molecule has 7 heteroatoms. The second kappa shape index (κ2) is 6.17. The molecule has 4 fully saturated rings. The number of aromatic nitrogens is 4. The SMILES string of the molecule is COc1ccccc1[C@H]1CN(c2ncnc3nc[nH]c23)[C@@H]2C3CCN(CC3)[C@H]12. The normalized spacial score (nSPS) is 31.3. The van der Waals surface area contributed by atoms with Gasteiger partial charge in [-0.25, -0.2) is 15.0 Å². The molecule has 0 saturated carbocycles. The standard InChI is InChI=1S/C21H24N6O/c1-28-16-5-3-2-4-14(16)15-10-27(18-13-6-8-26(9-7-13)19(15)18)21-17-20(23-11-22-17)24-12-25-21/h2-5,11-13,15,18-19H,6-10H2,1H3,(H,22,23,24,25)/t15-,18-,19-/m1/s1. The first-order valence-electron chi connectivity index (χ1n) is 10.1. The molecule has 3 atom stereocenters. The third-order valence-electron chi connectivity index (χ3n) is 7.01. The summed E-state index contributed by atoms with van der Waals surface area (Å²) in [5, 5.41) is 0. The Labute approximate surface area is 163 Å². The van der Waals surface area contributed by atoms with Gasteiger partial charge in [-0.2, -0.15) is 0 Å². The fourth-order valence-electron chi connectivity index (χ4n) is 5.88. The molecule has 2 bridgehead atoms.